The van der Waals surface area contributed by atoms with E-state index in [9.17, 15) is 8.42 Å². The fourth-order valence-electron chi connectivity index (χ4n) is 9.72. The van der Waals surface area contributed by atoms with E-state index < -0.39 is 15.3 Å². The van der Waals surface area contributed by atoms with Crippen LogP contribution in [0.25, 0.3) is 78.4 Å². The van der Waals surface area contributed by atoms with E-state index in [1.807, 2.05) is 60.8 Å². The summed E-state index contributed by atoms with van der Waals surface area (Å²) in [5.74, 6) is 0.586. The summed E-state index contributed by atoms with van der Waals surface area (Å²) in [5.41, 5.74) is 15.6. The second kappa shape index (κ2) is 12.1. The molecule has 272 valence electrons. The zero-order valence-electron chi connectivity index (χ0n) is 31.0. The topological polar surface area (TPSA) is 72.8 Å². The summed E-state index contributed by atoms with van der Waals surface area (Å²) in [6.45, 7) is 0. The lowest BCUT2D eigenvalue weighted by atomic mass is 9.65. The van der Waals surface area contributed by atoms with Gasteiger partial charge in [-0.3, -0.25) is 4.98 Å². The van der Waals surface area contributed by atoms with E-state index in [2.05, 4.69) is 114 Å². The number of sulfone groups is 1. The van der Waals surface area contributed by atoms with E-state index in [4.69, 9.17) is 9.97 Å². The minimum absolute atomic E-state index is 0.344. The molecule has 3 heterocycles. The van der Waals surface area contributed by atoms with Crippen molar-refractivity contribution in [2.45, 2.75) is 15.2 Å². The van der Waals surface area contributed by atoms with Crippen molar-refractivity contribution in [3.8, 4) is 78.4 Å². The summed E-state index contributed by atoms with van der Waals surface area (Å²) in [6, 6.07) is 60.0. The zero-order valence-corrected chi connectivity index (χ0v) is 31.8. The minimum atomic E-state index is -3.79. The van der Waals surface area contributed by atoms with Gasteiger partial charge in [-0.25, -0.2) is 18.4 Å². The highest BCUT2D eigenvalue weighted by atomic mass is 32.2. The molecule has 0 saturated heterocycles. The molecule has 0 radical (unpaired) electrons. The summed E-state index contributed by atoms with van der Waals surface area (Å²) >= 11 is 0. The van der Waals surface area contributed by atoms with Crippen molar-refractivity contribution in [1.82, 2.24) is 15.0 Å². The Morgan fingerprint density at radius 1 is 0.379 bits per heavy atom. The van der Waals surface area contributed by atoms with Crippen LogP contribution in [0.1, 0.15) is 22.3 Å². The molecule has 0 amide bonds. The predicted molar refractivity (Wildman–Crippen MR) is 229 cm³/mol. The predicted octanol–water partition coefficient (Wildman–Crippen LogP) is 11.7. The lowest BCUT2D eigenvalue weighted by Gasteiger charge is -2.35. The Morgan fingerprint density at radius 2 is 0.948 bits per heavy atom. The van der Waals surface area contributed by atoms with Crippen molar-refractivity contribution in [2.24, 2.45) is 0 Å². The van der Waals surface area contributed by atoms with Gasteiger partial charge in [0.2, 0.25) is 9.84 Å². The van der Waals surface area contributed by atoms with Crippen molar-refractivity contribution in [3.05, 3.63) is 211 Å². The molecular weight excluding hydrogens is 731 g/mol. The van der Waals surface area contributed by atoms with E-state index in [1.165, 1.54) is 0 Å². The standard InChI is InChI=1S/C52H31N3O2S/c56-58(57)49-23-11-8-20-40(49)42-28-41-38-19-7-10-22-44(38)52(46(41)29-50(42)58)43-21-9-6-18-37(43)35-16-4-5-17-36(35)39-25-24-33(27-45(39)52)51-54-47(32-13-2-1-3-14-32)30-48(55-51)34-15-12-26-53-31-34/h1-31H. The molecule has 1 spiro atoms. The smallest absolute Gasteiger partial charge is 0.207 e. The molecule has 2 aliphatic carbocycles. The van der Waals surface area contributed by atoms with E-state index >= 15 is 0 Å². The monoisotopic (exact) mass is 761 g/mol. The van der Waals surface area contributed by atoms with Gasteiger partial charge in [-0.05, 0) is 98.1 Å². The highest BCUT2D eigenvalue weighted by molar-refractivity contribution is 7.92. The maximum absolute atomic E-state index is 14.5. The van der Waals surface area contributed by atoms with Crippen molar-refractivity contribution < 1.29 is 8.42 Å². The molecule has 1 unspecified atom stereocenters. The number of hydrogen-bond acceptors (Lipinski definition) is 5. The SMILES string of the molecule is O=S1(=O)c2ccccc2-c2cc3c(cc21)C1(c2ccccc2-c2ccccc2-c2ccc(-c4nc(-c5ccccc5)cc(-c5cccnc5)n4)cc21)c1ccccc1-3. The summed E-state index contributed by atoms with van der Waals surface area (Å²) in [4.78, 5) is 15.6. The molecule has 1 aliphatic heterocycles. The lowest BCUT2D eigenvalue weighted by Crippen LogP contribution is -2.29. The molecular formula is C52H31N3O2S. The molecule has 3 aliphatic rings. The Labute approximate surface area is 336 Å². The third-order valence-electron chi connectivity index (χ3n) is 12.2. The summed E-state index contributed by atoms with van der Waals surface area (Å²) in [5, 5.41) is 0. The summed E-state index contributed by atoms with van der Waals surface area (Å²) < 4.78 is 28.9. The Bertz CT molecular complexity index is 3250. The number of aromatic nitrogens is 3. The molecule has 7 aromatic carbocycles. The Balaban J connectivity index is 1.21. The van der Waals surface area contributed by atoms with Gasteiger partial charge in [0.15, 0.2) is 5.82 Å². The van der Waals surface area contributed by atoms with E-state index in [-0.39, 0.29) is 0 Å². The molecule has 0 fully saturated rings. The van der Waals surface area contributed by atoms with Gasteiger partial charge in [0.1, 0.15) is 0 Å². The normalized spacial score (nSPS) is 15.9. The highest BCUT2D eigenvalue weighted by Gasteiger charge is 2.51. The van der Waals surface area contributed by atoms with Gasteiger partial charge in [0.05, 0.1) is 26.6 Å². The number of rotatable bonds is 3. The first kappa shape index (κ1) is 32.9. The van der Waals surface area contributed by atoms with Crippen molar-refractivity contribution in [1.29, 1.82) is 0 Å². The number of pyridine rings is 1. The summed E-state index contributed by atoms with van der Waals surface area (Å²) in [7, 11) is -3.79. The van der Waals surface area contributed by atoms with Crippen LogP contribution in [0.4, 0.5) is 0 Å². The highest BCUT2D eigenvalue weighted by Crippen LogP contribution is 2.63. The summed E-state index contributed by atoms with van der Waals surface area (Å²) in [6.07, 6.45) is 3.60. The van der Waals surface area contributed by atoms with Gasteiger partial charge < -0.3 is 0 Å². The Hall–Kier alpha value is -7.28. The average Bonchev–Trinajstić information content (AvgIpc) is 3.66. The molecule has 12 rings (SSSR count). The average molecular weight is 762 g/mol. The largest absolute Gasteiger partial charge is 0.264 e. The number of fused-ring (bicyclic) bond motifs is 15. The third kappa shape index (κ3) is 4.46. The molecule has 6 heteroatoms. The van der Waals surface area contributed by atoms with Gasteiger partial charge >= 0.3 is 0 Å². The van der Waals surface area contributed by atoms with Crippen LogP contribution < -0.4 is 0 Å². The van der Waals surface area contributed by atoms with Crippen LogP contribution in [0.15, 0.2) is 198 Å². The number of hydrogen-bond donors (Lipinski definition) is 0. The zero-order chi connectivity index (χ0) is 38.6. The molecule has 5 nitrogen and oxygen atoms in total. The quantitative estimate of drug-likeness (QED) is 0.179. The Kier molecular flexibility index (Phi) is 6.87. The van der Waals surface area contributed by atoms with Gasteiger partial charge in [-0.2, -0.15) is 0 Å². The van der Waals surface area contributed by atoms with Gasteiger partial charge in [-0.15, -0.1) is 0 Å². The van der Waals surface area contributed by atoms with Gasteiger partial charge in [0, 0.05) is 40.2 Å². The van der Waals surface area contributed by atoms with E-state index in [0.717, 1.165) is 94.8 Å². The molecule has 0 N–H and O–H groups in total. The molecule has 9 aromatic rings. The lowest BCUT2D eigenvalue weighted by molar-refractivity contribution is 0.598. The minimum Gasteiger partial charge on any atom is -0.264 e. The molecule has 2 aromatic heterocycles. The van der Waals surface area contributed by atoms with Gasteiger partial charge in [0.25, 0.3) is 0 Å². The van der Waals surface area contributed by atoms with Crippen molar-refractivity contribution in [2.75, 3.05) is 0 Å². The second-order valence-electron chi connectivity index (χ2n) is 15.1. The van der Waals surface area contributed by atoms with Gasteiger partial charge in [-0.1, -0.05) is 133 Å². The number of nitrogens with zero attached hydrogens (tertiary/aromatic N) is 3. The van der Waals surface area contributed by atoms with Crippen LogP contribution in [0.5, 0.6) is 0 Å². The maximum Gasteiger partial charge on any atom is 0.207 e. The molecule has 0 bridgehead atoms. The first-order valence-corrected chi connectivity index (χ1v) is 20.8. The second-order valence-corrected chi connectivity index (χ2v) is 17.0. The fourth-order valence-corrected chi connectivity index (χ4v) is 11.4. The third-order valence-corrected chi connectivity index (χ3v) is 14.0. The van der Waals surface area contributed by atoms with Crippen molar-refractivity contribution >= 4 is 9.84 Å². The van der Waals surface area contributed by atoms with Crippen molar-refractivity contribution in [3.63, 3.8) is 0 Å². The van der Waals surface area contributed by atoms with Crippen LogP contribution >= 0.6 is 0 Å². The molecule has 58 heavy (non-hydrogen) atoms. The van der Waals surface area contributed by atoms with Crippen LogP contribution in [0.3, 0.4) is 0 Å². The van der Waals surface area contributed by atoms with E-state index in [0.29, 0.717) is 15.6 Å². The molecule has 1 atom stereocenters. The fraction of sp³-hybridized carbons (Fsp3) is 0.0192. The number of benzene rings is 7. The van der Waals surface area contributed by atoms with Crippen LogP contribution in [-0.2, 0) is 15.3 Å². The Morgan fingerprint density at radius 3 is 1.66 bits per heavy atom. The van der Waals surface area contributed by atoms with E-state index in [1.54, 1.807) is 18.3 Å². The first-order valence-electron chi connectivity index (χ1n) is 19.3. The maximum atomic E-state index is 14.5. The van der Waals surface area contributed by atoms with Crippen LogP contribution in [-0.4, -0.2) is 23.4 Å². The molecule has 0 saturated carbocycles. The van der Waals surface area contributed by atoms with Crippen LogP contribution in [0.2, 0.25) is 0 Å². The first-order chi connectivity index (χ1) is 28.5. The van der Waals surface area contributed by atoms with Crippen LogP contribution in [0, 0.1) is 0 Å².